The van der Waals surface area contributed by atoms with E-state index < -0.39 is 0 Å². The number of nitrogens with zero attached hydrogens (tertiary/aromatic N) is 1. The van der Waals surface area contributed by atoms with Crippen LogP contribution in [0.3, 0.4) is 0 Å². The molecule has 0 bridgehead atoms. The molecule has 0 aliphatic rings. The Morgan fingerprint density at radius 3 is 2.81 bits per heavy atom. The first-order valence-corrected chi connectivity index (χ1v) is 7.49. The van der Waals surface area contributed by atoms with Crippen LogP contribution in [0.15, 0.2) is 30.3 Å². The van der Waals surface area contributed by atoms with Gasteiger partial charge in [-0.15, -0.1) is 11.3 Å². The number of hydrogen-bond donors (Lipinski definition) is 1. The highest BCUT2D eigenvalue weighted by Crippen LogP contribution is 2.34. The Balaban J connectivity index is 2.10. The summed E-state index contributed by atoms with van der Waals surface area (Å²) < 4.78 is 20.0. The number of hydrogen-bond acceptors (Lipinski definition) is 4. The van der Waals surface area contributed by atoms with E-state index in [0.29, 0.717) is 12.1 Å². The van der Waals surface area contributed by atoms with Crippen LogP contribution in [0.5, 0.6) is 5.75 Å². The van der Waals surface area contributed by atoms with E-state index in [1.807, 2.05) is 32.0 Å². The van der Waals surface area contributed by atoms with Gasteiger partial charge >= 0.3 is 0 Å². The van der Waals surface area contributed by atoms with E-state index in [0.717, 1.165) is 26.5 Å². The third-order valence-electron chi connectivity index (χ3n) is 3.26. The van der Waals surface area contributed by atoms with Gasteiger partial charge in [-0.25, -0.2) is 9.37 Å². The van der Waals surface area contributed by atoms with Crippen LogP contribution in [-0.4, -0.2) is 11.6 Å². The second-order valence-electron chi connectivity index (χ2n) is 4.77. The number of rotatable bonds is 3. The number of thiazole rings is 1. The first-order chi connectivity index (χ1) is 10.1. The van der Waals surface area contributed by atoms with E-state index in [2.05, 4.69) is 4.98 Å². The van der Waals surface area contributed by atoms with Gasteiger partial charge in [0.2, 0.25) is 0 Å². The normalized spacial score (nSPS) is 11.0. The fourth-order valence-electron chi connectivity index (χ4n) is 2.13. The van der Waals surface area contributed by atoms with E-state index >= 15 is 0 Å². The van der Waals surface area contributed by atoms with E-state index in [-0.39, 0.29) is 11.6 Å². The highest BCUT2D eigenvalue weighted by atomic mass is 32.1. The molecule has 0 saturated heterocycles. The first kappa shape index (κ1) is 13.8. The van der Waals surface area contributed by atoms with Gasteiger partial charge in [0.15, 0.2) is 11.6 Å². The average molecular weight is 302 g/mol. The zero-order valence-corrected chi connectivity index (χ0v) is 12.6. The van der Waals surface area contributed by atoms with Crippen molar-refractivity contribution in [3.63, 3.8) is 0 Å². The average Bonchev–Trinajstić information content (AvgIpc) is 2.85. The van der Waals surface area contributed by atoms with Gasteiger partial charge in [-0.05, 0) is 37.6 Å². The number of benzene rings is 2. The summed E-state index contributed by atoms with van der Waals surface area (Å²) in [5.41, 5.74) is 9.22. The van der Waals surface area contributed by atoms with Crippen molar-refractivity contribution in [3.8, 4) is 16.3 Å². The van der Waals surface area contributed by atoms with Crippen LogP contribution in [0.25, 0.3) is 20.8 Å². The molecule has 0 spiro atoms. The number of ether oxygens (including phenoxy) is 1. The Morgan fingerprint density at radius 1 is 1.29 bits per heavy atom. The van der Waals surface area contributed by atoms with Crippen LogP contribution in [0.4, 0.5) is 10.1 Å². The molecule has 0 amide bonds. The first-order valence-electron chi connectivity index (χ1n) is 6.68. The number of nitrogen functional groups attached to an aromatic ring is 1. The van der Waals surface area contributed by atoms with Gasteiger partial charge < -0.3 is 10.5 Å². The van der Waals surface area contributed by atoms with E-state index in [9.17, 15) is 4.39 Å². The van der Waals surface area contributed by atoms with Crippen molar-refractivity contribution >= 4 is 27.2 Å². The molecule has 0 saturated carbocycles. The number of aryl methyl sites for hydroxylation is 1. The van der Waals surface area contributed by atoms with Crippen LogP contribution in [0.1, 0.15) is 12.5 Å². The van der Waals surface area contributed by atoms with Gasteiger partial charge in [0, 0.05) is 23.4 Å². The van der Waals surface area contributed by atoms with Crippen LogP contribution in [0, 0.1) is 12.7 Å². The highest BCUT2D eigenvalue weighted by molar-refractivity contribution is 7.21. The lowest BCUT2D eigenvalue weighted by Gasteiger charge is -2.03. The molecule has 0 fully saturated rings. The maximum absolute atomic E-state index is 13.9. The van der Waals surface area contributed by atoms with Gasteiger partial charge in [-0.3, -0.25) is 0 Å². The van der Waals surface area contributed by atoms with Gasteiger partial charge in [0.25, 0.3) is 0 Å². The Bertz CT molecular complexity index is 813. The molecule has 0 radical (unpaired) electrons. The minimum atomic E-state index is -0.380. The van der Waals surface area contributed by atoms with Crippen molar-refractivity contribution in [3.05, 3.63) is 41.7 Å². The zero-order chi connectivity index (χ0) is 15.0. The summed E-state index contributed by atoms with van der Waals surface area (Å²) in [4.78, 5) is 4.50. The Morgan fingerprint density at radius 2 is 2.10 bits per heavy atom. The highest BCUT2D eigenvalue weighted by Gasteiger charge is 2.12. The van der Waals surface area contributed by atoms with Gasteiger partial charge in [0.05, 0.1) is 16.8 Å². The topological polar surface area (TPSA) is 48.1 Å². The Labute approximate surface area is 126 Å². The number of halogens is 1. The second-order valence-corrected chi connectivity index (χ2v) is 5.80. The summed E-state index contributed by atoms with van der Waals surface area (Å²) in [5, 5.41) is 0.848. The molecule has 2 N–H and O–H groups in total. The molecule has 3 nitrogen and oxygen atoms in total. The molecule has 0 aliphatic heterocycles. The van der Waals surface area contributed by atoms with Crippen molar-refractivity contribution in [2.75, 3.05) is 12.3 Å². The summed E-state index contributed by atoms with van der Waals surface area (Å²) in [6.45, 7) is 4.23. The lowest BCUT2D eigenvalue weighted by atomic mass is 10.1. The van der Waals surface area contributed by atoms with E-state index in [1.165, 1.54) is 17.4 Å². The predicted molar refractivity (Wildman–Crippen MR) is 85.3 cm³/mol. The molecule has 0 unspecified atom stereocenters. The molecule has 1 heterocycles. The third kappa shape index (κ3) is 2.56. The van der Waals surface area contributed by atoms with Gasteiger partial charge in [-0.2, -0.15) is 0 Å². The van der Waals surface area contributed by atoms with Crippen molar-refractivity contribution in [1.29, 1.82) is 0 Å². The summed E-state index contributed by atoms with van der Waals surface area (Å²) >= 11 is 1.52. The lowest BCUT2D eigenvalue weighted by molar-refractivity contribution is 0.322. The fraction of sp³-hybridized carbons (Fsp3) is 0.188. The predicted octanol–water partition coefficient (Wildman–Crippen LogP) is 4.39. The number of aromatic nitrogens is 1. The minimum Gasteiger partial charge on any atom is -0.491 e. The minimum absolute atomic E-state index is 0.272. The van der Waals surface area contributed by atoms with E-state index in [4.69, 9.17) is 10.5 Å². The summed E-state index contributed by atoms with van der Waals surface area (Å²) in [6.07, 6.45) is 0. The molecular weight excluding hydrogens is 287 g/mol. The Kier molecular flexibility index (Phi) is 3.51. The molecular formula is C16H15FN2OS. The molecule has 1 aromatic heterocycles. The molecule has 0 atom stereocenters. The van der Waals surface area contributed by atoms with Crippen LogP contribution < -0.4 is 10.5 Å². The molecule has 108 valence electrons. The standard InChI is InChI=1S/C16H15FN2OS/c1-3-20-14-8-15-13(7-11(14)17)19-16(21-15)10-4-5-12(18)9(2)6-10/h4-8H,3,18H2,1-2H3. The molecule has 3 aromatic rings. The summed E-state index contributed by atoms with van der Waals surface area (Å²) in [6, 6.07) is 8.92. The van der Waals surface area contributed by atoms with Crippen molar-refractivity contribution in [2.45, 2.75) is 13.8 Å². The number of anilines is 1. The van der Waals surface area contributed by atoms with E-state index in [1.54, 1.807) is 6.07 Å². The molecule has 5 heteroatoms. The number of nitrogens with two attached hydrogens (primary N) is 1. The van der Waals surface area contributed by atoms with Crippen LogP contribution in [-0.2, 0) is 0 Å². The lowest BCUT2D eigenvalue weighted by Crippen LogP contribution is -1.93. The molecule has 0 aliphatic carbocycles. The maximum atomic E-state index is 13.9. The van der Waals surface area contributed by atoms with Gasteiger partial charge in [0.1, 0.15) is 5.01 Å². The quantitative estimate of drug-likeness (QED) is 0.730. The third-order valence-corrected chi connectivity index (χ3v) is 4.33. The fourth-order valence-corrected chi connectivity index (χ4v) is 3.10. The van der Waals surface area contributed by atoms with Crippen molar-refractivity contribution < 1.29 is 9.13 Å². The largest absolute Gasteiger partial charge is 0.491 e. The zero-order valence-electron chi connectivity index (χ0n) is 11.8. The monoisotopic (exact) mass is 302 g/mol. The SMILES string of the molecule is CCOc1cc2sc(-c3ccc(N)c(C)c3)nc2cc1F. The smallest absolute Gasteiger partial charge is 0.167 e. The summed E-state index contributed by atoms with van der Waals surface area (Å²) in [5.74, 6) is -0.108. The Hall–Kier alpha value is -2.14. The van der Waals surface area contributed by atoms with Gasteiger partial charge in [-0.1, -0.05) is 0 Å². The van der Waals surface area contributed by atoms with Crippen molar-refractivity contribution in [2.24, 2.45) is 0 Å². The summed E-state index contributed by atoms with van der Waals surface area (Å²) in [7, 11) is 0. The second kappa shape index (κ2) is 5.33. The molecule has 3 rings (SSSR count). The number of fused-ring (bicyclic) bond motifs is 1. The van der Waals surface area contributed by atoms with Crippen LogP contribution >= 0.6 is 11.3 Å². The van der Waals surface area contributed by atoms with Crippen molar-refractivity contribution in [1.82, 2.24) is 4.98 Å². The molecule has 21 heavy (non-hydrogen) atoms. The van der Waals surface area contributed by atoms with Crippen LogP contribution in [0.2, 0.25) is 0 Å². The maximum Gasteiger partial charge on any atom is 0.167 e. The molecule has 2 aromatic carbocycles.